The molecule has 0 radical (unpaired) electrons. The van der Waals surface area contributed by atoms with Gasteiger partial charge in [0, 0.05) is 12.2 Å². The molecule has 2 atom stereocenters. The van der Waals surface area contributed by atoms with Gasteiger partial charge in [-0.05, 0) is 49.3 Å². The molecule has 1 heterocycles. The number of amides is 1. The Kier molecular flexibility index (Phi) is 7.78. The van der Waals surface area contributed by atoms with E-state index in [1.807, 2.05) is 54.6 Å². The average Bonchev–Trinajstić information content (AvgIpc) is 2.75. The molecule has 2 aromatic carbocycles. The molecule has 7 heteroatoms. The van der Waals surface area contributed by atoms with Crippen LogP contribution in [0.2, 0.25) is 0 Å². The van der Waals surface area contributed by atoms with E-state index in [1.165, 1.54) is 4.90 Å². The van der Waals surface area contributed by atoms with E-state index in [9.17, 15) is 19.5 Å². The third-order valence-electron chi connectivity index (χ3n) is 5.60. The van der Waals surface area contributed by atoms with Gasteiger partial charge in [0.2, 0.25) is 5.91 Å². The van der Waals surface area contributed by atoms with Gasteiger partial charge in [-0.3, -0.25) is 19.7 Å². The number of benzene rings is 2. The fourth-order valence-electron chi connectivity index (χ4n) is 3.98. The zero-order valence-corrected chi connectivity index (χ0v) is 17.4. The fraction of sp³-hybridized carbons (Fsp3) is 0.375. The van der Waals surface area contributed by atoms with Crippen LogP contribution in [0.4, 0.5) is 5.69 Å². The lowest BCUT2D eigenvalue weighted by molar-refractivity contribution is -0.140. The smallest absolute Gasteiger partial charge is 0.320 e. The lowest BCUT2D eigenvalue weighted by atomic mass is 9.96. The summed E-state index contributed by atoms with van der Waals surface area (Å²) in [5, 5.41) is 21.9. The SMILES string of the molecule is O=C(O)CCN1C(=O)C(NC(CCc2ccccc2)C(=O)O)CCCc2ccccc21. The quantitative estimate of drug-likeness (QED) is 0.571. The lowest BCUT2D eigenvalue weighted by Crippen LogP contribution is -2.53. The van der Waals surface area contributed by atoms with E-state index in [-0.39, 0.29) is 18.9 Å². The first-order valence-corrected chi connectivity index (χ1v) is 10.6. The molecular formula is C24H28N2O5. The normalized spacial score (nSPS) is 17.4. The number of hydrogen-bond acceptors (Lipinski definition) is 4. The Morgan fingerprint density at radius 3 is 2.48 bits per heavy atom. The van der Waals surface area contributed by atoms with Gasteiger partial charge in [-0.2, -0.15) is 0 Å². The summed E-state index contributed by atoms with van der Waals surface area (Å²) in [5.41, 5.74) is 2.74. The molecule has 3 rings (SSSR count). The maximum Gasteiger partial charge on any atom is 0.320 e. The summed E-state index contributed by atoms with van der Waals surface area (Å²) in [5.74, 6) is -2.26. The molecule has 0 spiro atoms. The second-order valence-electron chi connectivity index (χ2n) is 7.79. The highest BCUT2D eigenvalue weighted by Gasteiger charge is 2.32. The number of para-hydroxylation sites is 1. The standard InChI is InChI=1S/C24H28N2O5/c27-22(28)15-16-26-21-12-5-4-9-18(21)10-6-11-19(23(26)29)25-20(24(30)31)14-13-17-7-2-1-3-8-17/h1-5,7-9,12,19-20,25H,6,10-11,13-16H2,(H,27,28)(H,30,31). The van der Waals surface area contributed by atoms with E-state index in [0.717, 1.165) is 24.0 Å². The predicted molar refractivity (Wildman–Crippen MR) is 117 cm³/mol. The number of carbonyl (C=O) groups is 3. The maximum absolute atomic E-state index is 13.4. The topological polar surface area (TPSA) is 107 Å². The fourth-order valence-corrected chi connectivity index (χ4v) is 3.98. The predicted octanol–water partition coefficient (Wildman–Crippen LogP) is 2.87. The molecule has 1 aliphatic rings. The molecule has 164 valence electrons. The zero-order valence-electron chi connectivity index (χ0n) is 17.4. The molecule has 0 saturated heterocycles. The number of carboxylic acid groups (broad SMARTS) is 2. The van der Waals surface area contributed by atoms with Crippen molar-refractivity contribution >= 4 is 23.5 Å². The van der Waals surface area contributed by atoms with Crippen LogP contribution in [-0.4, -0.2) is 46.7 Å². The van der Waals surface area contributed by atoms with Crippen molar-refractivity contribution in [2.45, 2.75) is 50.6 Å². The Bertz CT molecular complexity index is 915. The van der Waals surface area contributed by atoms with Gasteiger partial charge in [-0.15, -0.1) is 0 Å². The monoisotopic (exact) mass is 424 g/mol. The molecule has 7 nitrogen and oxygen atoms in total. The minimum absolute atomic E-state index is 0.0467. The molecule has 0 aromatic heterocycles. The minimum Gasteiger partial charge on any atom is -0.481 e. The second-order valence-corrected chi connectivity index (χ2v) is 7.79. The summed E-state index contributed by atoms with van der Waals surface area (Å²) < 4.78 is 0. The van der Waals surface area contributed by atoms with Gasteiger partial charge in [0.05, 0.1) is 12.5 Å². The molecule has 0 aliphatic carbocycles. The second kappa shape index (κ2) is 10.7. The average molecular weight is 424 g/mol. The molecule has 1 amide bonds. The lowest BCUT2D eigenvalue weighted by Gasteiger charge is -2.33. The third kappa shape index (κ3) is 6.15. The number of rotatable bonds is 9. The number of nitrogens with one attached hydrogen (secondary N) is 1. The number of anilines is 1. The van der Waals surface area contributed by atoms with Crippen molar-refractivity contribution in [3.63, 3.8) is 0 Å². The molecule has 2 aromatic rings. The van der Waals surface area contributed by atoms with Crippen LogP contribution in [0.5, 0.6) is 0 Å². The van der Waals surface area contributed by atoms with Crippen LogP contribution in [0.15, 0.2) is 54.6 Å². The molecule has 31 heavy (non-hydrogen) atoms. The Balaban J connectivity index is 1.77. The van der Waals surface area contributed by atoms with E-state index < -0.39 is 24.0 Å². The first-order chi connectivity index (χ1) is 15.0. The summed E-state index contributed by atoms with van der Waals surface area (Å²) in [6.07, 6.45) is 2.73. The largest absolute Gasteiger partial charge is 0.481 e. The molecule has 1 aliphatic heterocycles. The summed E-state index contributed by atoms with van der Waals surface area (Å²) in [6.45, 7) is 0.0467. The van der Waals surface area contributed by atoms with Gasteiger partial charge >= 0.3 is 11.9 Å². The summed E-state index contributed by atoms with van der Waals surface area (Å²) in [4.78, 5) is 37.9. The van der Waals surface area contributed by atoms with Crippen molar-refractivity contribution < 1.29 is 24.6 Å². The molecule has 0 bridgehead atoms. The van der Waals surface area contributed by atoms with Gasteiger partial charge in [0.15, 0.2) is 0 Å². The van der Waals surface area contributed by atoms with Gasteiger partial charge in [-0.25, -0.2) is 0 Å². The summed E-state index contributed by atoms with van der Waals surface area (Å²) in [6, 6.07) is 15.6. The van der Waals surface area contributed by atoms with Crippen LogP contribution >= 0.6 is 0 Å². The molecule has 0 saturated carbocycles. The third-order valence-corrected chi connectivity index (χ3v) is 5.60. The van der Waals surface area contributed by atoms with Crippen LogP contribution in [-0.2, 0) is 27.2 Å². The van der Waals surface area contributed by atoms with Gasteiger partial charge in [0.1, 0.15) is 6.04 Å². The van der Waals surface area contributed by atoms with E-state index in [4.69, 9.17) is 5.11 Å². The van der Waals surface area contributed by atoms with Crippen molar-refractivity contribution in [2.75, 3.05) is 11.4 Å². The maximum atomic E-state index is 13.4. The Labute approximate surface area is 181 Å². The van der Waals surface area contributed by atoms with Crippen LogP contribution in [0.25, 0.3) is 0 Å². The number of carboxylic acids is 2. The van der Waals surface area contributed by atoms with Crippen LogP contribution in [0, 0.1) is 0 Å². The van der Waals surface area contributed by atoms with Crippen LogP contribution in [0.1, 0.15) is 36.8 Å². The number of aliphatic carboxylic acids is 2. The molecule has 2 unspecified atom stereocenters. The first kappa shape index (κ1) is 22.5. The van der Waals surface area contributed by atoms with Gasteiger partial charge in [-0.1, -0.05) is 48.5 Å². The Morgan fingerprint density at radius 1 is 1.06 bits per heavy atom. The van der Waals surface area contributed by atoms with Gasteiger partial charge in [0.25, 0.3) is 0 Å². The minimum atomic E-state index is -0.997. The van der Waals surface area contributed by atoms with Crippen molar-refractivity contribution in [2.24, 2.45) is 0 Å². The van der Waals surface area contributed by atoms with E-state index in [0.29, 0.717) is 24.9 Å². The molecule has 3 N–H and O–H groups in total. The van der Waals surface area contributed by atoms with E-state index in [1.54, 1.807) is 0 Å². The number of hydrogen-bond donors (Lipinski definition) is 3. The van der Waals surface area contributed by atoms with E-state index >= 15 is 0 Å². The first-order valence-electron chi connectivity index (χ1n) is 10.6. The molecule has 0 fully saturated rings. The highest BCUT2D eigenvalue weighted by atomic mass is 16.4. The molecular weight excluding hydrogens is 396 g/mol. The summed E-state index contributed by atoms with van der Waals surface area (Å²) >= 11 is 0. The van der Waals surface area contributed by atoms with Crippen LogP contribution < -0.4 is 10.2 Å². The number of fused-ring (bicyclic) bond motifs is 1. The zero-order chi connectivity index (χ0) is 22.2. The van der Waals surface area contributed by atoms with E-state index in [2.05, 4.69) is 5.32 Å². The van der Waals surface area contributed by atoms with Crippen LogP contribution in [0.3, 0.4) is 0 Å². The van der Waals surface area contributed by atoms with Crippen molar-refractivity contribution in [3.05, 3.63) is 65.7 Å². The number of carbonyl (C=O) groups excluding carboxylic acids is 1. The Hall–Kier alpha value is -3.19. The summed E-state index contributed by atoms with van der Waals surface area (Å²) in [7, 11) is 0. The van der Waals surface area contributed by atoms with Crippen molar-refractivity contribution in [1.29, 1.82) is 0 Å². The number of aryl methyl sites for hydroxylation is 2. The highest BCUT2D eigenvalue weighted by molar-refractivity contribution is 5.98. The Morgan fingerprint density at radius 2 is 1.77 bits per heavy atom. The van der Waals surface area contributed by atoms with Gasteiger partial charge < -0.3 is 15.1 Å². The van der Waals surface area contributed by atoms with Crippen molar-refractivity contribution in [1.82, 2.24) is 5.32 Å². The highest BCUT2D eigenvalue weighted by Crippen LogP contribution is 2.27. The number of nitrogens with zero attached hydrogens (tertiary/aromatic N) is 1. The van der Waals surface area contributed by atoms with Crippen molar-refractivity contribution in [3.8, 4) is 0 Å².